The highest BCUT2D eigenvalue weighted by molar-refractivity contribution is 5.85. The summed E-state index contributed by atoms with van der Waals surface area (Å²) in [4.78, 5) is 25.1. The van der Waals surface area contributed by atoms with Crippen molar-refractivity contribution in [3.05, 3.63) is 35.4 Å². The molecule has 0 saturated carbocycles. The highest BCUT2D eigenvalue weighted by Crippen LogP contribution is 2.18. The van der Waals surface area contributed by atoms with Gasteiger partial charge in [-0.3, -0.25) is 4.79 Å². The predicted octanol–water partition coefficient (Wildman–Crippen LogP) is 0.251. The van der Waals surface area contributed by atoms with E-state index in [0.717, 1.165) is 6.42 Å². The summed E-state index contributed by atoms with van der Waals surface area (Å²) in [6.45, 7) is 2.06. The van der Waals surface area contributed by atoms with Gasteiger partial charge in [0.2, 0.25) is 5.91 Å². The summed E-state index contributed by atoms with van der Waals surface area (Å²) in [5, 5.41) is 5.24. The molecule has 0 spiro atoms. The Bertz CT molecular complexity index is 496. The van der Waals surface area contributed by atoms with Crippen molar-refractivity contribution in [1.82, 2.24) is 15.5 Å². The van der Waals surface area contributed by atoms with Crippen LogP contribution in [0.1, 0.15) is 11.1 Å². The molecule has 0 aromatic heterocycles. The number of nitrogens with zero attached hydrogens (tertiary/aromatic N) is 1. The molecule has 1 aromatic carbocycles. The molecule has 0 radical (unpaired) electrons. The van der Waals surface area contributed by atoms with Gasteiger partial charge in [0.05, 0.1) is 6.54 Å². The molecule has 116 valence electrons. The second-order valence-corrected chi connectivity index (χ2v) is 4.74. The van der Waals surface area contributed by atoms with Crippen molar-refractivity contribution in [1.29, 1.82) is 0 Å². The molecule has 7 heteroatoms. The lowest BCUT2D eigenvalue weighted by Crippen LogP contribution is -2.46. The summed E-state index contributed by atoms with van der Waals surface area (Å²) in [5.74, 6) is -0.221. The summed E-state index contributed by atoms with van der Waals surface area (Å²) in [6, 6.07) is 7.90. The minimum absolute atomic E-state index is 0. The number of carbonyl (C=O) groups excluding carboxylic acids is 2. The van der Waals surface area contributed by atoms with Crippen molar-refractivity contribution >= 4 is 24.3 Å². The average molecular weight is 313 g/mol. The predicted molar refractivity (Wildman–Crippen MR) is 83.3 cm³/mol. The standard InChI is InChI=1S/C14H20N4O2.ClH/c15-6-7-16-13(19)9-17-14(20)18-8-5-11-3-1-2-4-12(11)10-18;/h1-4H,5-10,15H2,(H,16,19)(H,17,20);1H. The largest absolute Gasteiger partial charge is 0.353 e. The van der Waals surface area contributed by atoms with Crippen molar-refractivity contribution in [2.45, 2.75) is 13.0 Å². The van der Waals surface area contributed by atoms with Crippen LogP contribution in [0.5, 0.6) is 0 Å². The van der Waals surface area contributed by atoms with Crippen LogP contribution in [-0.2, 0) is 17.8 Å². The highest BCUT2D eigenvalue weighted by atomic mass is 35.5. The summed E-state index contributed by atoms with van der Waals surface area (Å²) < 4.78 is 0. The second-order valence-electron chi connectivity index (χ2n) is 4.74. The van der Waals surface area contributed by atoms with E-state index in [1.165, 1.54) is 11.1 Å². The maximum absolute atomic E-state index is 12.0. The van der Waals surface area contributed by atoms with Gasteiger partial charge in [-0.1, -0.05) is 24.3 Å². The van der Waals surface area contributed by atoms with Crippen LogP contribution in [0.4, 0.5) is 4.79 Å². The van der Waals surface area contributed by atoms with E-state index in [2.05, 4.69) is 16.7 Å². The van der Waals surface area contributed by atoms with Gasteiger partial charge in [-0.25, -0.2) is 4.79 Å². The molecule has 6 nitrogen and oxygen atoms in total. The van der Waals surface area contributed by atoms with Crippen LogP contribution < -0.4 is 16.4 Å². The lowest BCUT2D eigenvalue weighted by Gasteiger charge is -2.28. The molecule has 0 aliphatic carbocycles. The van der Waals surface area contributed by atoms with E-state index in [4.69, 9.17) is 5.73 Å². The first-order valence-electron chi connectivity index (χ1n) is 6.77. The molecule has 2 rings (SSSR count). The van der Waals surface area contributed by atoms with Crippen LogP contribution in [-0.4, -0.2) is 43.0 Å². The topological polar surface area (TPSA) is 87.5 Å². The van der Waals surface area contributed by atoms with Crippen LogP contribution in [0.15, 0.2) is 24.3 Å². The molecule has 0 atom stereocenters. The number of rotatable bonds is 4. The van der Waals surface area contributed by atoms with Crippen molar-refractivity contribution in [3.8, 4) is 0 Å². The fourth-order valence-electron chi connectivity index (χ4n) is 2.21. The molecule has 21 heavy (non-hydrogen) atoms. The Labute approximate surface area is 130 Å². The van der Waals surface area contributed by atoms with Gasteiger partial charge in [-0.15, -0.1) is 12.4 Å². The van der Waals surface area contributed by atoms with Gasteiger partial charge >= 0.3 is 6.03 Å². The number of nitrogens with two attached hydrogens (primary N) is 1. The molecule has 0 unspecified atom stereocenters. The van der Waals surface area contributed by atoms with Gasteiger partial charge in [0.1, 0.15) is 0 Å². The lowest BCUT2D eigenvalue weighted by atomic mass is 10.0. The molecule has 0 bridgehead atoms. The molecule has 1 aliphatic rings. The monoisotopic (exact) mass is 312 g/mol. The fourth-order valence-corrected chi connectivity index (χ4v) is 2.21. The zero-order valence-corrected chi connectivity index (χ0v) is 12.6. The zero-order chi connectivity index (χ0) is 14.4. The molecule has 4 N–H and O–H groups in total. The van der Waals surface area contributed by atoms with Crippen molar-refractivity contribution in [2.75, 3.05) is 26.2 Å². The van der Waals surface area contributed by atoms with Crippen molar-refractivity contribution < 1.29 is 9.59 Å². The third kappa shape index (κ3) is 4.91. The number of hydrogen-bond acceptors (Lipinski definition) is 3. The smallest absolute Gasteiger partial charge is 0.318 e. The molecule has 0 saturated heterocycles. The van der Waals surface area contributed by atoms with Gasteiger partial charge in [0.15, 0.2) is 0 Å². The minimum Gasteiger partial charge on any atom is -0.353 e. The van der Waals surface area contributed by atoms with E-state index < -0.39 is 0 Å². The van der Waals surface area contributed by atoms with Crippen LogP contribution in [0.2, 0.25) is 0 Å². The SMILES string of the molecule is Cl.NCCNC(=O)CNC(=O)N1CCc2ccccc2C1. The number of amides is 3. The number of carbonyl (C=O) groups is 2. The van der Waals surface area contributed by atoms with Crippen LogP contribution >= 0.6 is 12.4 Å². The molecule has 3 amide bonds. The number of urea groups is 1. The first-order chi connectivity index (χ1) is 9.70. The lowest BCUT2D eigenvalue weighted by molar-refractivity contribution is -0.120. The summed E-state index contributed by atoms with van der Waals surface area (Å²) in [7, 11) is 0. The van der Waals surface area contributed by atoms with Crippen LogP contribution in [0, 0.1) is 0 Å². The summed E-state index contributed by atoms with van der Waals surface area (Å²) >= 11 is 0. The van der Waals surface area contributed by atoms with Gasteiger partial charge in [-0.2, -0.15) is 0 Å². The Kier molecular flexibility index (Phi) is 6.98. The quantitative estimate of drug-likeness (QED) is 0.745. The van der Waals surface area contributed by atoms with Gasteiger partial charge in [0, 0.05) is 26.2 Å². The van der Waals surface area contributed by atoms with E-state index in [1.54, 1.807) is 4.90 Å². The molecule has 0 fully saturated rings. The Balaban J connectivity index is 0.00000220. The first-order valence-corrected chi connectivity index (χ1v) is 6.77. The van der Waals surface area contributed by atoms with Crippen molar-refractivity contribution in [3.63, 3.8) is 0 Å². The first kappa shape index (κ1) is 17.3. The maximum atomic E-state index is 12.0. The third-order valence-electron chi connectivity index (χ3n) is 3.28. The van der Waals surface area contributed by atoms with Gasteiger partial charge in [-0.05, 0) is 17.5 Å². The van der Waals surface area contributed by atoms with E-state index >= 15 is 0 Å². The Morgan fingerprint density at radius 2 is 1.90 bits per heavy atom. The Morgan fingerprint density at radius 1 is 1.19 bits per heavy atom. The number of halogens is 1. The highest BCUT2D eigenvalue weighted by Gasteiger charge is 2.20. The number of nitrogens with one attached hydrogen (secondary N) is 2. The maximum Gasteiger partial charge on any atom is 0.318 e. The molecule has 1 aromatic rings. The number of hydrogen-bond donors (Lipinski definition) is 3. The third-order valence-corrected chi connectivity index (χ3v) is 3.28. The van der Waals surface area contributed by atoms with Crippen LogP contribution in [0.3, 0.4) is 0 Å². The zero-order valence-electron chi connectivity index (χ0n) is 11.8. The molecule has 1 aliphatic heterocycles. The van der Waals surface area contributed by atoms with E-state index in [0.29, 0.717) is 26.2 Å². The summed E-state index contributed by atoms with van der Waals surface area (Å²) in [5.41, 5.74) is 7.74. The van der Waals surface area contributed by atoms with E-state index in [9.17, 15) is 9.59 Å². The fraction of sp³-hybridized carbons (Fsp3) is 0.429. The van der Waals surface area contributed by atoms with Crippen LogP contribution in [0.25, 0.3) is 0 Å². The Morgan fingerprint density at radius 3 is 2.62 bits per heavy atom. The molecule has 1 heterocycles. The molecular weight excluding hydrogens is 292 g/mol. The minimum atomic E-state index is -0.221. The Hall–Kier alpha value is -1.79. The second kappa shape index (κ2) is 8.49. The number of benzene rings is 1. The molecular formula is C14H21ClN4O2. The van der Waals surface area contributed by atoms with Gasteiger partial charge < -0.3 is 21.3 Å². The number of fused-ring (bicyclic) bond motifs is 1. The van der Waals surface area contributed by atoms with E-state index in [-0.39, 0.29) is 30.9 Å². The van der Waals surface area contributed by atoms with Crippen molar-refractivity contribution in [2.24, 2.45) is 5.73 Å². The van der Waals surface area contributed by atoms with E-state index in [1.807, 2.05) is 18.2 Å². The average Bonchev–Trinajstić information content (AvgIpc) is 2.50. The normalized spacial score (nSPS) is 12.9. The summed E-state index contributed by atoms with van der Waals surface area (Å²) in [6.07, 6.45) is 0.850. The van der Waals surface area contributed by atoms with Gasteiger partial charge in [0.25, 0.3) is 0 Å².